The Morgan fingerprint density at radius 1 is 1.47 bits per heavy atom. The molecule has 0 spiro atoms. The second-order valence-electron chi connectivity index (χ2n) is 4.35. The number of nitrogens with one attached hydrogen (secondary N) is 2. The maximum absolute atomic E-state index is 5.78. The van der Waals surface area contributed by atoms with Crippen molar-refractivity contribution in [2.45, 2.75) is 38.3 Å². The van der Waals surface area contributed by atoms with E-state index in [4.69, 9.17) is 5.73 Å². The summed E-state index contributed by atoms with van der Waals surface area (Å²) < 4.78 is 0. The Labute approximate surface area is 90.6 Å². The molecule has 1 fully saturated rings. The molecule has 0 amide bonds. The van der Waals surface area contributed by atoms with E-state index in [0.29, 0.717) is 12.0 Å². The summed E-state index contributed by atoms with van der Waals surface area (Å²) in [6.07, 6.45) is 6.99. The van der Waals surface area contributed by atoms with Gasteiger partial charge in [0.2, 0.25) is 0 Å². The Morgan fingerprint density at radius 3 is 3.07 bits per heavy atom. The van der Waals surface area contributed by atoms with Gasteiger partial charge in [-0.05, 0) is 31.4 Å². The van der Waals surface area contributed by atoms with Gasteiger partial charge in [-0.25, -0.2) is 0 Å². The number of aromatic nitrogens is 2. The average molecular weight is 208 g/mol. The molecule has 2 rings (SSSR count). The molecule has 0 radical (unpaired) electrons. The van der Waals surface area contributed by atoms with Gasteiger partial charge in [0.25, 0.3) is 0 Å². The quantitative estimate of drug-likeness (QED) is 0.692. The number of hydrogen-bond donors (Lipinski definition) is 3. The summed E-state index contributed by atoms with van der Waals surface area (Å²) >= 11 is 0. The molecule has 1 saturated carbocycles. The zero-order chi connectivity index (χ0) is 10.5. The maximum Gasteiger partial charge on any atom is 0.0490 e. The molecule has 15 heavy (non-hydrogen) atoms. The minimum Gasteiger partial charge on any atom is -0.330 e. The van der Waals surface area contributed by atoms with Gasteiger partial charge in [0, 0.05) is 24.5 Å². The number of rotatable bonds is 4. The first-order valence-corrected chi connectivity index (χ1v) is 5.82. The van der Waals surface area contributed by atoms with Gasteiger partial charge in [0.15, 0.2) is 0 Å². The average Bonchev–Trinajstić information content (AvgIpc) is 2.79. The van der Waals surface area contributed by atoms with Crippen molar-refractivity contribution in [2.75, 3.05) is 6.54 Å². The van der Waals surface area contributed by atoms with Crippen molar-refractivity contribution >= 4 is 0 Å². The van der Waals surface area contributed by atoms with Crippen LogP contribution in [0.2, 0.25) is 0 Å². The first-order chi connectivity index (χ1) is 7.40. The topological polar surface area (TPSA) is 66.7 Å². The Hall–Kier alpha value is -0.870. The smallest absolute Gasteiger partial charge is 0.0490 e. The van der Waals surface area contributed by atoms with Crippen LogP contribution in [-0.2, 0) is 6.54 Å². The van der Waals surface area contributed by atoms with Gasteiger partial charge in [-0.15, -0.1) is 0 Å². The Kier molecular flexibility index (Phi) is 3.75. The van der Waals surface area contributed by atoms with Crippen LogP contribution in [0.25, 0.3) is 0 Å². The van der Waals surface area contributed by atoms with Crippen molar-refractivity contribution in [3.05, 3.63) is 18.0 Å². The monoisotopic (exact) mass is 208 g/mol. The highest BCUT2D eigenvalue weighted by molar-refractivity contribution is 4.97. The molecule has 1 aromatic rings. The van der Waals surface area contributed by atoms with E-state index in [2.05, 4.69) is 15.5 Å². The molecule has 0 saturated heterocycles. The Bertz CT molecular complexity index is 270. The molecule has 4 heteroatoms. The van der Waals surface area contributed by atoms with E-state index in [-0.39, 0.29) is 0 Å². The third-order valence-corrected chi connectivity index (χ3v) is 3.32. The zero-order valence-corrected chi connectivity index (χ0v) is 9.08. The maximum atomic E-state index is 5.78. The molecular formula is C11H20N4. The third kappa shape index (κ3) is 2.79. The zero-order valence-electron chi connectivity index (χ0n) is 9.08. The number of nitrogens with zero attached hydrogens (tertiary/aromatic N) is 1. The second-order valence-corrected chi connectivity index (χ2v) is 4.35. The van der Waals surface area contributed by atoms with Gasteiger partial charge >= 0.3 is 0 Å². The van der Waals surface area contributed by atoms with Crippen molar-refractivity contribution < 1.29 is 0 Å². The standard InChI is InChI=1S/C11H20N4/c12-7-9-3-1-2-4-11(9)13-8-10-5-6-14-15-10/h5-6,9,11,13H,1-4,7-8,12H2,(H,14,15). The summed E-state index contributed by atoms with van der Waals surface area (Å²) in [7, 11) is 0. The predicted molar refractivity (Wildman–Crippen MR) is 60.2 cm³/mol. The van der Waals surface area contributed by atoms with Crippen molar-refractivity contribution in [1.29, 1.82) is 0 Å². The summed E-state index contributed by atoms with van der Waals surface area (Å²) in [5.41, 5.74) is 6.93. The molecule has 2 unspecified atom stereocenters. The summed E-state index contributed by atoms with van der Waals surface area (Å²) in [5.74, 6) is 0.654. The summed E-state index contributed by atoms with van der Waals surface area (Å²) in [5, 5.41) is 10.5. The van der Waals surface area contributed by atoms with E-state index in [1.807, 2.05) is 6.07 Å². The second kappa shape index (κ2) is 5.28. The molecule has 1 aliphatic carbocycles. The highest BCUT2D eigenvalue weighted by atomic mass is 15.1. The van der Waals surface area contributed by atoms with E-state index in [1.165, 1.54) is 25.7 Å². The fourth-order valence-electron chi connectivity index (χ4n) is 2.38. The van der Waals surface area contributed by atoms with Crippen LogP contribution in [0.5, 0.6) is 0 Å². The van der Waals surface area contributed by atoms with Gasteiger partial charge in [0.05, 0.1) is 0 Å². The first-order valence-electron chi connectivity index (χ1n) is 5.82. The van der Waals surface area contributed by atoms with Gasteiger partial charge < -0.3 is 11.1 Å². The van der Waals surface area contributed by atoms with E-state index < -0.39 is 0 Å². The highest BCUT2D eigenvalue weighted by Crippen LogP contribution is 2.23. The van der Waals surface area contributed by atoms with Crippen LogP contribution in [0.4, 0.5) is 0 Å². The highest BCUT2D eigenvalue weighted by Gasteiger charge is 2.23. The van der Waals surface area contributed by atoms with E-state index >= 15 is 0 Å². The molecule has 84 valence electrons. The number of hydrogen-bond acceptors (Lipinski definition) is 3. The van der Waals surface area contributed by atoms with Crippen LogP contribution >= 0.6 is 0 Å². The van der Waals surface area contributed by atoms with E-state index in [9.17, 15) is 0 Å². The molecular weight excluding hydrogens is 188 g/mol. The Balaban J connectivity index is 1.81. The minimum absolute atomic E-state index is 0.590. The number of H-pyrrole nitrogens is 1. The number of aromatic amines is 1. The molecule has 1 aromatic heterocycles. The lowest BCUT2D eigenvalue weighted by molar-refractivity contribution is 0.266. The fourth-order valence-corrected chi connectivity index (χ4v) is 2.38. The lowest BCUT2D eigenvalue weighted by Crippen LogP contribution is -2.41. The molecule has 1 heterocycles. The lowest BCUT2D eigenvalue weighted by atomic mass is 9.84. The summed E-state index contributed by atoms with van der Waals surface area (Å²) in [6, 6.07) is 2.60. The van der Waals surface area contributed by atoms with Crippen LogP contribution in [0.3, 0.4) is 0 Å². The van der Waals surface area contributed by atoms with Gasteiger partial charge in [0.1, 0.15) is 0 Å². The Morgan fingerprint density at radius 2 is 2.33 bits per heavy atom. The van der Waals surface area contributed by atoms with Crippen molar-refractivity contribution in [3.8, 4) is 0 Å². The molecule has 4 N–H and O–H groups in total. The fraction of sp³-hybridized carbons (Fsp3) is 0.727. The predicted octanol–water partition coefficient (Wildman–Crippen LogP) is 1.02. The third-order valence-electron chi connectivity index (χ3n) is 3.32. The van der Waals surface area contributed by atoms with Gasteiger partial charge in [-0.2, -0.15) is 5.10 Å². The largest absolute Gasteiger partial charge is 0.330 e. The van der Waals surface area contributed by atoms with Crippen LogP contribution in [0.1, 0.15) is 31.4 Å². The molecule has 0 aliphatic heterocycles. The van der Waals surface area contributed by atoms with Crippen LogP contribution < -0.4 is 11.1 Å². The lowest BCUT2D eigenvalue weighted by Gasteiger charge is -2.31. The minimum atomic E-state index is 0.590. The van der Waals surface area contributed by atoms with Crippen molar-refractivity contribution in [1.82, 2.24) is 15.5 Å². The number of nitrogens with two attached hydrogens (primary N) is 1. The van der Waals surface area contributed by atoms with Gasteiger partial charge in [-0.3, -0.25) is 5.10 Å². The summed E-state index contributed by atoms with van der Waals surface area (Å²) in [4.78, 5) is 0. The molecule has 0 aromatic carbocycles. The van der Waals surface area contributed by atoms with Crippen molar-refractivity contribution in [2.24, 2.45) is 11.7 Å². The van der Waals surface area contributed by atoms with Gasteiger partial charge in [-0.1, -0.05) is 12.8 Å². The molecule has 2 atom stereocenters. The van der Waals surface area contributed by atoms with Crippen LogP contribution in [-0.4, -0.2) is 22.8 Å². The van der Waals surface area contributed by atoms with Crippen LogP contribution in [0, 0.1) is 5.92 Å². The first kappa shape index (κ1) is 10.6. The summed E-state index contributed by atoms with van der Waals surface area (Å²) in [6.45, 7) is 1.68. The van der Waals surface area contributed by atoms with Crippen molar-refractivity contribution in [3.63, 3.8) is 0 Å². The molecule has 4 nitrogen and oxygen atoms in total. The van der Waals surface area contributed by atoms with E-state index in [0.717, 1.165) is 18.8 Å². The SMILES string of the molecule is NCC1CCCCC1NCc1ccn[nH]1. The van der Waals surface area contributed by atoms with Crippen LogP contribution in [0.15, 0.2) is 12.3 Å². The normalized spacial score (nSPS) is 26.7. The molecule has 1 aliphatic rings. The van der Waals surface area contributed by atoms with E-state index in [1.54, 1.807) is 6.20 Å². The molecule has 0 bridgehead atoms.